The highest BCUT2D eigenvalue weighted by Crippen LogP contribution is 2.33. The number of fused-ring (bicyclic) bond motifs is 1. The molecule has 3 heterocycles. The molecule has 146 valence electrons. The van der Waals surface area contributed by atoms with Gasteiger partial charge in [-0.15, -0.1) is 0 Å². The molecule has 8 nitrogen and oxygen atoms in total. The number of thioether (sulfide) groups is 1. The number of aromatic nitrogens is 2. The van der Waals surface area contributed by atoms with E-state index in [0.717, 1.165) is 40.0 Å². The van der Waals surface area contributed by atoms with Crippen molar-refractivity contribution in [3.8, 4) is 11.5 Å². The molecular weight excluding hydrogens is 378 g/mol. The highest BCUT2D eigenvalue weighted by Gasteiger charge is 2.23. The third kappa shape index (κ3) is 4.36. The van der Waals surface area contributed by atoms with E-state index < -0.39 is 0 Å². The number of guanidine groups is 1. The molecule has 0 saturated carbocycles. The van der Waals surface area contributed by atoms with Gasteiger partial charge in [-0.3, -0.25) is 15.1 Å². The first-order valence-electron chi connectivity index (χ1n) is 9.03. The molecule has 0 radical (unpaired) electrons. The molecule has 2 N–H and O–H groups in total. The van der Waals surface area contributed by atoms with Crippen LogP contribution in [0, 0.1) is 12.8 Å². The van der Waals surface area contributed by atoms with Gasteiger partial charge in [0, 0.05) is 23.4 Å². The molecule has 0 saturated heterocycles. The number of hydrogen-bond acceptors (Lipinski definition) is 6. The van der Waals surface area contributed by atoms with E-state index in [0.29, 0.717) is 18.9 Å². The Morgan fingerprint density at radius 2 is 2.21 bits per heavy atom. The van der Waals surface area contributed by atoms with Crippen molar-refractivity contribution in [3.05, 3.63) is 41.5 Å². The van der Waals surface area contributed by atoms with Crippen LogP contribution in [0.3, 0.4) is 0 Å². The lowest BCUT2D eigenvalue weighted by Crippen LogP contribution is -2.40. The van der Waals surface area contributed by atoms with Gasteiger partial charge >= 0.3 is 0 Å². The molecule has 2 aliphatic heterocycles. The summed E-state index contributed by atoms with van der Waals surface area (Å²) >= 11 is 1.75. The molecule has 4 rings (SSSR count). The van der Waals surface area contributed by atoms with E-state index in [1.54, 1.807) is 24.3 Å². The highest BCUT2D eigenvalue weighted by atomic mass is 32.2. The summed E-state index contributed by atoms with van der Waals surface area (Å²) in [6, 6.07) is 5.71. The fourth-order valence-electron chi connectivity index (χ4n) is 2.93. The van der Waals surface area contributed by atoms with Crippen LogP contribution in [0.15, 0.2) is 34.5 Å². The Kier molecular flexibility index (Phi) is 5.61. The third-order valence-electron chi connectivity index (χ3n) is 4.51. The van der Waals surface area contributed by atoms with Crippen molar-refractivity contribution < 1.29 is 14.3 Å². The van der Waals surface area contributed by atoms with Crippen molar-refractivity contribution in [1.29, 1.82) is 0 Å². The Hall–Kier alpha value is -2.81. The molecule has 0 fully saturated rings. The second-order valence-corrected chi connectivity index (χ2v) is 7.60. The minimum absolute atomic E-state index is 0.0915. The lowest BCUT2D eigenvalue weighted by Gasteiger charge is -2.17. The van der Waals surface area contributed by atoms with Gasteiger partial charge < -0.3 is 14.5 Å². The van der Waals surface area contributed by atoms with Crippen LogP contribution < -0.4 is 14.8 Å². The average molecular weight is 399 g/mol. The number of imidazole rings is 1. The fourth-order valence-corrected chi connectivity index (χ4v) is 3.78. The number of carbonyl (C=O) groups is 1. The molecule has 2 aromatic rings. The predicted octanol–water partition coefficient (Wildman–Crippen LogP) is 2.10. The van der Waals surface area contributed by atoms with E-state index in [4.69, 9.17) is 9.47 Å². The Bertz CT molecular complexity index is 924. The number of aliphatic imine (C=N–C) groups is 2. The number of nitrogens with zero attached hydrogens (tertiary/aromatic N) is 3. The van der Waals surface area contributed by atoms with Gasteiger partial charge in [-0.1, -0.05) is 6.07 Å². The molecule has 0 aliphatic carbocycles. The zero-order valence-corrected chi connectivity index (χ0v) is 16.3. The van der Waals surface area contributed by atoms with Crippen molar-refractivity contribution in [2.75, 3.05) is 19.1 Å². The number of hydrogen-bond donors (Lipinski definition) is 2. The van der Waals surface area contributed by atoms with Crippen LogP contribution in [-0.2, 0) is 17.0 Å². The summed E-state index contributed by atoms with van der Waals surface area (Å²) in [4.78, 5) is 28.4. The van der Waals surface area contributed by atoms with Gasteiger partial charge in [0.2, 0.25) is 18.7 Å². The predicted molar refractivity (Wildman–Crippen MR) is 108 cm³/mol. The second-order valence-electron chi connectivity index (χ2n) is 6.50. The van der Waals surface area contributed by atoms with E-state index in [9.17, 15) is 4.79 Å². The smallest absolute Gasteiger partial charge is 0.235 e. The SMILES string of the molecule is Cc1[nH]cnc1CSCCN=C1N=CC(Cc2ccc3c(c2)OCO3)C(=O)N1. The molecule has 1 atom stereocenters. The molecule has 1 unspecified atom stereocenters. The summed E-state index contributed by atoms with van der Waals surface area (Å²) in [6.45, 7) is 2.84. The van der Waals surface area contributed by atoms with Gasteiger partial charge in [0.25, 0.3) is 0 Å². The van der Waals surface area contributed by atoms with Gasteiger partial charge in [-0.05, 0) is 31.0 Å². The third-order valence-corrected chi connectivity index (χ3v) is 5.46. The van der Waals surface area contributed by atoms with Crippen LogP contribution in [-0.4, -0.2) is 47.1 Å². The lowest BCUT2D eigenvalue weighted by molar-refractivity contribution is -0.121. The van der Waals surface area contributed by atoms with Gasteiger partial charge in [0.1, 0.15) is 0 Å². The van der Waals surface area contributed by atoms with Crippen LogP contribution in [0.5, 0.6) is 11.5 Å². The van der Waals surface area contributed by atoms with Crippen LogP contribution in [0.2, 0.25) is 0 Å². The van der Waals surface area contributed by atoms with E-state index >= 15 is 0 Å². The molecule has 1 aromatic carbocycles. The monoisotopic (exact) mass is 399 g/mol. The van der Waals surface area contributed by atoms with Crippen LogP contribution in [0.25, 0.3) is 0 Å². The van der Waals surface area contributed by atoms with Crippen molar-refractivity contribution in [3.63, 3.8) is 0 Å². The fraction of sp³-hybridized carbons (Fsp3) is 0.368. The number of amides is 1. The average Bonchev–Trinajstić information content (AvgIpc) is 3.32. The molecule has 28 heavy (non-hydrogen) atoms. The van der Waals surface area contributed by atoms with Crippen molar-refractivity contribution in [2.24, 2.45) is 15.9 Å². The summed E-state index contributed by atoms with van der Waals surface area (Å²) in [5.41, 5.74) is 3.16. The van der Waals surface area contributed by atoms with E-state index in [1.807, 2.05) is 25.1 Å². The molecule has 9 heteroatoms. The molecule has 0 spiro atoms. The minimum atomic E-state index is -0.323. The minimum Gasteiger partial charge on any atom is -0.454 e. The van der Waals surface area contributed by atoms with Gasteiger partial charge in [-0.25, -0.2) is 9.98 Å². The van der Waals surface area contributed by atoms with Crippen LogP contribution in [0.1, 0.15) is 17.0 Å². The number of H-pyrrole nitrogens is 1. The molecular formula is C19H21N5O3S. The van der Waals surface area contributed by atoms with Gasteiger partial charge in [-0.2, -0.15) is 11.8 Å². The Morgan fingerprint density at radius 1 is 1.32 bits per heavy atom. The van der Waals surface area contributed by atoms with Crippen molar-refractivity contribution >= 4 is 29.8 Å². The number of nitrogens with one attached hydrogen (secondary N) is 2. The Morgan fingerprint density at radius 3 is 3.04 bits per heavy atom. The standard InChI is InChI=1S/C19H21N5O3S/c1-12-15(23-10-22-12)9-28-5-4-20-19-21-8-14(18(25)24-19)6-13-2-3-16-17(7-13)27-11-26-16/h2-3,7-8,10,14H,4-6,9,11H2,1H3,(H,22,23)(H,20,24,25). The zero-order chi connectivity index (χ0) is 19.3. The first-order chi connectivity index (χ1) is 13.7. The van der Waals surface area contributed by atoms with E-state index in [-0.39, 0.29) is 18.6 Å². The number of carbonyl (C=O) groups excluding carboxylic acids is 1. The number of rotatable bonds is 7. The Balaban J connectivity index is 1.26. The zero-order valence-electron chi connectivity index (χ0n) is 15.5. The molecule has 2 aliphatic rings. The van der Waals surface area contributed by atoms with Gasteiger partial charge in [0.15, 0.2) is 11.5 Å². The van der Waals surface area contributed by atoms with Crippen molar-refractivity contribution in [1.82, 2.24) is 15.3 Å². The number of aromatic amines is 1. The quantitative estimate of drug-likeness (QED) is 0.695. The number of ether oxygens (including phenoxy) is 2. The topological polar surface area (TPSA) is 101 Å². The second kappa shape index (κ2) is 8.47. The first-order valence-corrected chi connectivity index (χ1v) is 10.2. The number of aryl methyl sites for hydroxylation is 1. The summed E-state index contributed by atoms with van der Waals surface area (Å²) in [5.74, 6) is 3.09. The Labute approximate surface area is 166 Å². The summed E-state index contributed by atoms with van der Waals surface area (Å²) < 4.78 is 10.7. The first kappa shape index (κ1) is 18.5. The summed E-state index contributed by atoms with van der Waals surface area (Å²) in [7, 11) is 0. The van der Waals surface area contributed by atoms with E-state index in [1.165, 1.54) is 0 Å². The maximum absolute atomic E-state index is 12.4. The maximum atomic E-state index is 12.4. The normalized spacial score (nSPS) is 19.2. The highest BCUT2D eigenvalue weighted by molar-refractivity contribution is 7.98. The maximum Gasteiger partial charge on any atom is 0.235 e. The molecule has 1 amide bonds. The lowest BCUT2D eigenvalue weighted by atomic mass is 9.98. The van der Waals surface area contributed by atoms with Crippen LogP contribution in [0.4, 0.5) is 0 Å². The largest absolute Gasteiger partial charge is 0.454 e. The van der Waals surface area contributed by atoms with Crippen molar-refractivity contribution in [2.45, 2.75) is 19.1 Å². The molecule has 1 aromatic heterocycles. The van der Waals surface area contributed by atoms with Crippen LogP contribution >= 0.6 is 11.8 Å². The summed E-state index contributed by atoms with van der Waals surface area (Å²) in [5, 5.41) is 2.78. The number of benzene rings is 1. The summed E-state index contributed by atoms with van der Waals surface area (Å²) in [6.07, 6.45) is 3.93. The van der Waals surface area contributed by atoms with E-state index in [2.05, 4.69) is 25.3 Å². The van der Waals surface area contributed by atoms with Gasteiger partial charge in [0.05, 0.1) is 24.5 Å². The molecule has 0 bridgehead atoms.